The van der Waals surface area contributed by atoms with Crippen molar-refractivity contribution in [1.29, 1.82) is 0 Å². The molecule has 0 fully saturated rings. The molecule has 0 aromatic heterocycles. The molecule has 6 rings (SSSR count). The molecule has 3 aromatic carbocycles. The number of allylic oxidation sites excluding steroid dienone is 5. The number of carbonyl (C=O) groups is 1. The molecular weight excluding hydrogens is 1000 g/mol. The molecule has 70 heavy (non-hydrogen) atoms. The van der Waals surface area contributed by atoms with Crippen molar-refractivity contribution in [3.05, 3.63) is 125 Å². The summed E-state index contributed by atoms with van der Waals surface area (Å²) in [6, 6.07) is 15.1. The minimum atomic E-state index is -4.59. The van der Waals surface area contributed by atoms with Gasteiger partial charge >= 0.3 is 35.5 Å². The van der Waals surface area contributed by atoms with E-state index in [4.69, 9.17) is 14.2 Å². The molecule has 376 valence electrons. The van der Waals surface area contributed by atoms with Gasteiger partial charge in [0.1, 0.15) is 25.5 Å². The number of ether oxygens (including phenoxy) is 3. The van der Waals surface area contributed by atoms with Crippen LogP contribution in [0, 0.1) is 0 Å². The number of aryl methyl sites for hydroxylation is 1. The third kappa shape index (κ3) is 14.0. The van der Waals surface area contributed by atoms with E-state index in [1.54, 1.807) is 60.7 Å². The quantitative estimate of drug-likeness (QED) is 0.0468. The van der Waals surface area contributed by atoms with Crippen molar-refractivity contribution >= 4 is 63.5 Å². The first-order valence-electron chi connectivity index (χ1n) is 21.7. The van der Waals surface area contributed by atoms with E-state index in [9.17, 15) is 61.8 Å². The summed E-state index contributed by atoms with van der Waals surface area (Å²) in [5, 5.41) is 9.23. The summed E-state index contributed by atoms with van der Waals surface area (Å²) in [5.41, 5.74) is 2.41. The van der Waals surface area contributed by atoms with E-state index in [0.717, 1.165) is 5.56 Å². The van der Waals surface area contributed by atoms with Crippen LogP contribution in [0.5, 0.6) is 5.75 Å². The van der Waals surface area contributed by atoms with Gasteiger partial charge in [-0.25, -0.2) is 0 Å². The number of unbranched alkanes of at least 4 members (excludes halogenated alkanes) is 2. The molecule has 5 N–H and O–H groups in total. The monoisotopic (exact) mass is 1060 g/mol. The summed E-state index contributed by atoms with van der Waals surface area (Å²) >= 11 is 0. The number of rotatable bonds is 20. The van der Waals surface area contributed by atoms with Crippen molar-refractivity contribution in [2.75, 3.05) is 42.7 Å². The van der Waals surface area contributed by atoms with Gasteiger partial charge in [0.05, 0.1) is 26.7 Å². The molecule has 3 aromatic rings. The minimum absolute atomic E-state index is 0. The number of carboxylic acid groups (broad SMARTS) is 1. The van der Waals surface area contributed by atoms with Crippen molar-refractivity contribution in [2.45, 2.75) is 86.8 Å². The smallest absolute Gasteiger partial charge is 1.00 e. The van der Waals surface area contributed by atoms with Crippen molar-refractivity contribution in [2.24, 2.45) is 0 Å². The Bertz CT molecular complexity index is 3130. The maximum atomic E-state index is 12.3. The molecule has 0 spiro atoms. The van der Waals surface area contributed by atoms with E-state index in [1.807, 2.05) is 37.2 Å². The van der Waals surface area contributed by atoms with Crippen LogP contribution in [0.2, 0.25) is 0 Å². The van der Waals surface area contributed by atoms with E-state index in [0.29, 0.717) is 52.5 Å². The van der Waals surface area contributed by atoms with Crippen molar-refractivity contribution < 1.29 is 112 Å². The van der Waals surface area contributed by atoms with Crippen LogP contribution in [-0.4, -0.2) is 111 Å². The van der Waals surface area contributed by atoms with Crippen LogP contribution in [-0.2, 0) is 72.0 Å². The van der Waals surface area contributed by atoms with Gasteiger partial charge in [0.15, 0.2) is 17.2 Å². The zero-order chi connectivity index (χ0) is 50.7. The molecule has 0 saturated heterocycles. The number of fused-ring (bicyclic) bond motifs is 2. The number of carboxylic acids is 1. The van der Waals surface area contributed by atoms with Crippen molar-refractivity contribution in [3.8, 4) is 5.75 Å². The largest absolute Gasteiger partial charge is 1.00 e. The maximum Gasteiger partial charge on any atom is 1.00 e. The second-order valence-electron chi connectivity index (χ2n) is 17.7. The Balaban J connectivity index is 0.00000548. The van der Waals surface area contributed by atoms with E-state index in [-0.39, 0.29) is 110 Å². The van der Waals surface area contributed by atoms with E-state index >= 15 is 0 Å². The van der Waals surface area contributed by atoms with Gasteiger partial charge in [-0.15, -0.1) is 0 Å². The van der Waals surface area contributed by atoms with Crippen LogP contribution in [0.25, 0.3) is 0 Å². The molecule has 3 heterocycles. The topological polar surface area (TPSA) is 289 Å². The summed E-state index contributed by atoms with van der Waals surface area (Å²) < 4.78 is 155. The first-order chi connectivity index (χ1) is 32.1. The minimum Gasteiger partial charge on any atom is -1.00 e. The summed E-state index contributed by atoms with van der Waals surface area (Å²) in [7, 11) is -17.7. The van der Waals surface area contributed by atoms with Crippen LogP contribution < -0.4 is 39.2 Å². The average Bonchev–Trinajstić information content (AvgIpc) is 3.47. The van der Waals surface area contributed by atoms with Gasteiger partial charge in [0.25, 0.3) is 40.5 Å². The molecule has 0 bridgehead atoms. The fourth-order valence-corrected chi connectivity index (χ4v) is 10.7. The maximum absolute atomic E-state index is 12.3. The second-order valence-corrected chi connectivity index (χ2v) is 23.7. The van der Waals surface area contributed by atoms with Gasteiger partial charge in [0.2, 0.25) is 11.4 Å². The molecule has 3 aliphatic heterocycles. The van der Waals surface area contributed by atoms with Crippen LogP contribution in [0.15, 0.2) is 118 Å². The normalized spacial score (nSPS) is 18.1. The van der Waals surface area contributed by atoms with Gasteiger partial charge in [0, 0.05) is 53.9 Å². The molecule has 0 amide bonds. The molecule has 19 nitrogen and oxygen atoms in total. The number of hydrogen-bond acceptors (Lipinski definition) is 13. The number of aliphatic carboxylic acids is 1. The predicted molar refractivity (Wildman–Crippen MR) is 255 cm³/mol. The second kappa shape index (κ2) is 22.2. The van der Waals surface area contributed by atoms with Crippen molar-refractivity contribution in [1.82, 2.24) is 0 Å². The zero-order valence-electron chi connectivity index (χ0n) is 40.2. The summed E-state index contributed by atoms with van der Waals surface area (Å²) in [5.74, 6) is -1.16. The fourth-order valence-electron chi connectivity index (χ4n) is 8.53. The van der Waals surface area contributed by atoms with Gasteiger partial charge < -0.3 is 25.6 Å². The average molecular weight is 1060 g/mol. The summed E-state index contributed by atoms with van der Waals surface area (Å²) in [6.45, 7) is 7.92. The predicted octanol–water partition coefficient (Wildman–Crippen LogP) is 3.49. The fraction of sp³-hybridized carbons (Fsp3) is 0.391. The van der Waals surface area contributed by atoms with Gasteiger partial charge in [-0.2, -0.15) is 38.2 Å². The van der Waals surface area contributed by atoms with E-state index in [1.165, 1.54) is 24.3 Å². The molecule has 0 saturated carbocycles. The van der Waals surface area contributed by atoms with E-state index in [2.05, 4.69) is 0 Å². The first-order valence-corrected chi connectivity index (χ1v) is 27.8. The molecule has 0 radical (unpaired) electrons. The molecule has 3 aliphatic rings. The standard InChI is InChI=1S/C46H54N2O17S4.Na.H/c1-45(2)35-29-33(68(57,58)59)14-16-37(35)47(23-5-7-27-66(51,52)53)41(45)20-18-39-44(65-32-12-9-31(10-13-32)11-22-43(49)50)40(64-26-25-63-39)19-21-42-46(3,4)36-30-34(69(60,61)62)15-17-38(36)48(42)24-6-8-28-67(54,55)56;;/h9-10,12-21,29-30H,5-8,11,22-28H2,1-4H3,(H4-,49,50,51,52,53,54,55,56,57,58,59,60,61,62);;/q;+1;-1/p+1. The van der Waals surface area contributed by atoms with Crippen LogP contribution in [0.4, 0.5) is 11.4 Å². The van der Waals surface area contributed by atoms with Gasteiger partial charge in [-0.3, -0.25) is 23.0 Å². The Labute approximate surface area is 432 Å². The molecule has 0 aliphatic carbocycles. The first kappa shape index (κ1) is 56.5. The SMILES string of the molecule is CC1(C)C(/C=C\C2=C(Oc3ccc(CCC(=O)O)cc3)C(=C/C=C3/N(CCCCS(=O)(=O)O)c4ccc(S(=O)(=O)O)cc4C3(C)C)/OCCO2)=[N+](CCCCS(=O)(=O)O)c2ccc(S(=O)(=O)O)cc21.[H-].[Na+]. The third-order valence-corrected chi connectivity index (χ3v) is 15.3. The van der Waals surface area contributed by atoms with Crippen molar-refractivity contribution in [3.63, 3.8) is 0 Å². The molecular formula is C46H56N2NaO17S4+. The number of nitrogens with zero attached hydrogens (tertiary/aromatic N) is 2. The molecule has 0 unspecified atom stereocenters. The Morgan fingerprint density at radius 2 is 1.33 bits per heavy atom. The number of benzene rings is 3. The Hall–Kier alpha value is -4.40. The van der Waals surface area contributed by atoms with Gasteiger partial charge in [-0.1, -0.05) is 26.0 Å². The van der Waals surface area contributed by atoms with Crippen LogP contribution in [0.3, 0.4) is 0 Å². The van der Waals surface area contributed by atoms with Gasteiger partial charge in [-0.05, 0) is 111 Å². The Kier molecular flexibility index (Phi) is 17.9. The zero-order valence-corrected chi connectivity index (χ0v) is 44.5. The van der Waals surface area contributed by atoms with E-state index < -0.39 is 68.8 Å². The summed E-state index contributed by atoms with van der Waals surface area (Å²) in [4.78, 5) is 12.5. The molecule has 24 heteroatoms. The Morgan fingerprint density at radius 3 is 1.93 bits per heavy atom. The molecule has 0 atom stereocenters. The number of hydrogen-bond donors (Lipinski definition) is 5. The number of anilines is 1. The van der Waals surface area contributed by atoms with Crippen LogP contribution in [0.1, 0.15) is 77.9 Å². The third-order valence-electron chi connectivity index (χ3n) is 12.0. The van der Waals surface area contributed by atoms with Crippen LogP contribution >= 0.6 is 0 Å². The Morgan fingerprint density at radius 1 is 0.743 bits per heavy atom. The summed E-state index contributed by atoms with van der Waals surface area (Å²) in [6.07, 6.45) is 7.74.